The molecule has 1 saturated carbocycles. The lowest BCUT2D eigenvalue weighted by Crippen LogP contribution is -2.07. The van der Waals surface area contributed by atoms with Gasteiger partial charge in [-0.2, -0.15) is 8.42 Å². The SMILES string of the molecule is Cc1ccc(S(=O)(=O)OC2=CN=C3CC3c3ccccc32)cc1. The van der Waals surface area contributed by atoms with E-state index in [9.17, 15) is 8.42 Å². The third-order valence-corrected chi connectivity index (χ3v) is 5.36. The summed E-state index contributed by atoms with van der Waals surface area (Å²) in [5, 5.41) is 0. The van der Waals surface area contributed by atoms with Gasteiger partial charge in [-0.1, -0.05) is 42.0 Å². The summed E-state index contributed by atoms with van der Waals surface area (Å²) >= 11 is 0. The molecule has 4 rings (SSSR count). The number of rotatable bonds is 3. The molecule has 2 aromatic rings. The second-order valence-electron chi connectivity index (χ2n) is 5.81. The maximum atomic E-state index is 12.5. The molecule has 0 N–H and O–H groups in total. The number of aryl methyl sites for hydroxylation is 1. The molecule has 23 heavy (non-hydrogen) atoms. The minimum atomic E-state index is -3.88. The predicted molar refractivity (Wildman–Crippen MR) is 88.7 cm³/mol. The van der Waals surface area contributed by atoms with Crippen molar-refractivity contribution in [1.29, 1.82) is 0 Å². The molecule has 0 amide bonds. The zero-order valence-corrected chi connectivity index (χ0v) is 13.4. The maximum absolute atomic E-state index is 12.5. The van der Waals surface area contributed by atoms with Crippen LogP contribution in [0.3, 0.4) is 0 Å². The lowest BCUT2D eigenvalue weighted by molar-refractivity contribution is 0.462. The molecule has 0 saturated heterocycles. The molecule has 2 aliphatic rings. The Hall–Kier alpha value is -2.40. The van der Waals surface area contributed by atoms with Crippen molar-refractivity contribution in [3.8, 4) is 0 Å². The van der Waals surface area contributed by atoms with Crippen molar-refractivity contribution in [1.82, 2.24) is 0 Å². The van der Waals surface area contributed by atoms with Gasteiger partial charge in [0.15, 0.2) is 5.76 Å². The van der Waals surface area contributed by atoms with E-state index in [2.05, 4.69) is 4.99 Å². The van der Waals surface area contributed by atoms with E-state index in [4.69, 9.17) is 4.18 Å². The second kappa shape index (κ2) is 5.06. The molecule has 5 heteroatoms. The zero-order valence-electron chi connectivity index (χ0n) is 12.6. The summed E-state index contributed by atoms with van der Waals surface area (Å²) in [5.41, 5.74) is 3.94. The van der Waals surface area contributed by atoms with Crippen molar-refractivity contribution >= 4 is 21.6 Å². The van der Waals surface area contributed by atoms with Crippen molar-refractivity contribution in [3.05, 3.63) is 71.4 Å². The van der Waals surface area contributed by atoms with E-state index >= 15 is 0 Å². The van der Waals surface area contributed by atoms with Crippen LogP contribution in [0, 0.1) is 6.92 Å². The Morgan fingerprint density at radius 3 is 2.61 bits per heavy atom. The predicted octanol–water partition coefficient (Wildman–Crippen LogP) is 3.64. The first kappa shape index (κ1) is 14.2. The van der Waals surface area contributed by atoms with Gasteiger partial charge < -0.3 is 4.18 Å². The minimum absolute atomic E-state index is 0.142. The average Bonchev–Trinajstić information content (AvgIpc) is 3.31. The first-order valence-electron chi connectivity index (χ1n) is 7.42. The summed E-state index contributed by atoms with van der Waals surface area (Å²) in [7, 11) is -3.88. The molecular formula is C18H15NO3S. The molecular weight excluding hydrogens is 310 g/mol. The Kier molecular flexibility index (Phi) is 3.13. The number of benzene rings is 2. The van der Waals surface area contributed by atoms with Crippen LogP contribution in [0.2, 0.25) is 0 Å². The number of hydrogen-bond donors (Lipinski definition) is 0. The van der Waals surface area contributed by atoms with Gasteiger partial charge in [0.25, 0.3) is 0 Å². The van der Waals surface area contributed by atoms with Gasteiger partial charge in [-0.15, -0.1) is 0 Å². The highest BCUT2D eigenvalue weighted by atomic mass is 32.2. The van der Waals surface area contributed by atoms with Crippen LogP contribution in [0.1, 0.15) is 29.0 Å². The highest BCUT2D eigenvalue weighted by molar-refractivity contribution is 7.87. The van der Waals surface area contributed by atoms with Crippen molar-refractivity contribution in [2.24, 2.45) is 4.99 Å². The molecule has 2 aromatic carbocycles. The van der Waals surface area contributed by atoms with Crippen LogP contribution in [0.25, 0.3) is 5.76 Å². The van der Waals surface area contributed by atoms with Gasteiger partial charge in [0.1, 0.15) is 4.90 Å². The van der Waals surface area contributed by atoms with Gasteiger partial charge in [0.05, 0.1) is 6.20 Å². The van der Waals surface area contributed by atoms with Gasteiger partial charge in [0, 0.05) is 17.2 Å². The summed E-state index contributed by atoms with van der Waals surface area (Å²) in [5.74, 6) is 0.575. The molecule has 1 heterocycles. The van der Waals surface area contributed by atoms with E-state index in [1.54, 1.807) is 24.3 Å². The lowest BCUT2D eigenvalue weighted by atomic mass is 10.0. The Bertz CT molecular complexity index is 940. The molecule has 1 unspecified atom stereocenters. The highest BCUT2D eigenvalue weighted by Gasteiger charge is 2.37. The maximum Gasteiger partial charge on any atom is 0.339 e. The minimum Gasteiger partial charge on any atom is -0.377 e. The standard InChI is InChI=1S/C18H15NO3S/c1-12-6-8-13(9-7-12)23(20,21)22-18-11-19-17-10-16(17)14-4-2-3-5-15(14)18/h2-9,11,16H,10H2,1H3. The fourth-order valence-corrected chi connectivity index (χ4v) is 3.69. The molecule has 1 fully saturated rings. The Balaban J connectivity index is 1.73. The Morgan fingerprint density at radius 2 is 1.83 bits per heavy atom. The molecule has 116 valence electrons. The van der Waals surface area contributed by atoms with Crippen molar-refractivity contribution in [2.75, 3.05) is 0 Å². The first-order valence-corrected chi connectivity index (χ1v) is 8.82. The van der Waals surface area contributed by atoms with Gasteiger partial charge in [-0.3, -0.25) is 4.99 Å². The van der Waals surface area contributed by atoms with Gasteiger partial charge in [-0.25, -0.2) is 0 Å². The van der Waals surface area contributed by atoms with Crippen LogP contribution in [-0.4, -0.2) is 14.1 Å². The van der Waals surface area contributed by atoms with Crippen LogP contribution in [0.15, 0.2) is 64.6 Å². The molecule has 0 bridgehead atoms. The van der Waals surface area contributed by atoms with Crippen molar-refractivity contribution in [3.63, 3.8) is 0 Å². The van der Waals surface area contributed by atoms with Crippen LogP contribution >= 0.6 is 0 Å². The smallest absolute Gasteiger partial charge is 0.339 e. The summed E-state index contributed by atoms with van der Waals surface area (Å²) < 4.78 is 30.4. The Labute approximate surface area is 135 Å². The molecule has 0 radical (unpaired) electrons. The van der Waals surface area contributed by atoms with E-state index in [0.29, 0.717) is 5.92 Å². The number of nitrogens with zero attached hydrogens (tertiary/aromatic N) is 1. The number of hydrogen-bond acceptors (Lipinski definition) is 4. The fraction of sp³-hybridized carbons (Fsp3) is 0.167. The summed E-state index contributed by atoms with van der Waals surface area (Å²) in [4.78, 5) is 4.49. The summed E-state index contributed by atoms with van der Waals surface area (Å²) in [6, 6.07) is 14.3. The van der Waals surface area contributed by atoms with Crippen molar-refractivity contribution < 1.29 is 12.6 Å². The number of aliphatic imine (C=N–C) groups is 1. The fourth-order valence-electron chi connectivity index (χ4n) is 2.76. The van der Waals surface area contributed by atoms with Crippen LogP contribution in [0.4, 0.5) is 0 Å². The normalized spacial score (nSPS) is 18.9. The first-order chi connectivity index (χ1) is 11.0. The van der Waals surface area contributed by atoms with Gasteiger partial charge >= 0.3 is 10.1 Å². The molecule has 1 aliphatic carbocycles. The highest BCUT2D eigenvalue weighted by Crippen LogP contribution is 2.43. The molecule has 0 aromatic heterocycles. The monoisotopic (exact) mass is 325 g/mol. The van der Waals surface area contributed by atoms with E-state index in [1.807, 2.05) is 31.2 Å². The van der Waals surface area contributed by atoms with Crippen LogP contribution in [0.5, 0.6) is 0 Å². The largest absolute Gasteiger partial charge is 0.377 e. The van der Waals surface area contributed by atoms with Gasteiger partial charge in [-0.05, 0) is 31.0 Å². The summed E-state index contributed by atoms with van der Waals surface area (Å²) in [6.45, 7) is 1.91. The third-order valence-electron chi connectivity index (χ3n) is 4.11. The van der Waals surface area contributed by atoms with Crippen molar-refractivity contribution in [2.45, 2.75) is 24.2 Å². The topological polar surface area (TPSA) is 55.7 Å². The molecule has 1 atom stereocenters. The second-order valence-corrected chi connectivity index (χ2v) is 7.35. The average molecular weight is 325 g/mol. The Morgan fingerprint density at radius 1 is 1.09 bits per heavy atom. The van der Waals surface area contributed by atoms with E-state index in [1.165, 1.54) is 6.20 Å². The summed E-state index contributed by atoms with van der Waals surface area (Å²) in [6.07, 6.45) is 2.46. The molecule has 0 spiro atoms. The number of fused-ring (bicyclic) bond motifs is 3. The zero-order chi connectivity index (χ0) is 16.0. The van der Waals surface area contributed by atoms with Crippen LogP contribution in [-0.2, 0) is 14.3 Å². The lowest BCUT2D eigenvalue weighted by Gasteiger charge is -2.12. The van der Waals surface area contributed by atoms with Crippen LogP contribution < -0.4 is 0 Å². The molecule has 4 nitrogen and oxygen atoms in total. The van der Waals surface area contributed by atoms with E-state index in [0.717, 1.165) is 28.8 Å². The quantitative estimate of drug-likeness (QED) is 0.810. The molecule has 1 aliphatic heterocycles. The van der Waals surface area contributed by atoms with Gasteiger partial charge in [0.2, 0.25) is 0 Å². The van der Waals surface area contributed by atoms with E-state index in [-0.39, 0.29) is 10.7 Å². The van der Waals surface area contributed by atoms with E-state index < -0.39 is 10.1 Å². The third kappa shape index (κ3) is 2.57.